The van der Waals surface area contributed by atoms with Gasteiger partial charge in [0.1, 0.15) is 11.5 Å². The summed E-state index contributed by atoms with van der Waals surface area (Å²) in [6.45, 7) is 6.16. The Bertz CT molecular complexity index is 914. The van der Waals surface area contributed by atoms with Crippen molar-refractivity contribution in [2.45, 2.75) is 20.8 Å². The van der Waals surface area contributed by atoms with Crippen LogP contribution in [0.4, 0.5) is 17.2 Å². The zero-order valence-corrected chi connectivity index (χ0v) is 15.6. The number of hydrogen-bond acceptors (Lipinski definition) is 4. The Morgan fingerprint density at radius 3 is 2.19 bits per heavy atom. The minimum atomic E-state index is -0.325. The van der Waals surface area contributed by atoms with Crippen molar-refractivity contribution in [1.29, 1.82) is 0 Å². The third-order valence-electron chi connectivity index (χ3n) is 3.92. The standard InChI is InChI=1S/C20H19ClN4O/c1-12-8-13(2)19(14(3)9-12)25-18-11-22-17(10-23-18)20(26)24-16-6-4-15(21)5-7-16/h4-11H,1-3H3,(H,23,25)(H,24,26). The predicted octanol–water partition coefficient (Wildman–Crippen LogP) is 5.05. The smallest absolute Gasteiger partial charge is 0.275 e. The molecule has 0 fully saturated rings. The molecule has 1 aromatic heterocycles. The van der Waals surface area contributed by atoms with Gasteiger partial charge in [0.15, 0.2) is 0 Å². The lowest BCUT2D eigenvalue weighted by molar-refractivity contribution is 0.102. The SMILES string of the molecule is Cc1cc(C)c(Nc2cnc(C(=O)Nc3ccc(Cl)cc3)cn2)c(C)c1. The van der Waals surface area contributed by atoms with E-state index in [4.69, 9.17) is 11.6 Å². The lowest BCUT2D eigenvalue weighted by Gasteiger charge is -2.13. The summed E-state index contributed by atoms with van der Waals surface area (Å²) in [4.78, 5) is 20.7. The first-order valence-electron chi connectivity index (χ1n) is 8.16. The molecular weight excluding hydrogens is 348 g/mol. The maximum absolute atomic E-state index is 12.2. The summed E-state index contributed by atoms with van der Waals surface area (Å²) < 4.78 is 0. The Labute approximate surface area is 157 Å². The fourth-order valence-corrected chi connectivity index (χ4v) is 2.87. The Morgan fingerprint density at radius 1 is 0.962 bits per heavy atom. The molecule has 2 aromatic carbocycles. The zero-order chi connectivity index (χ0) is 18.7. The van der Waals surface area contributed by atoms with E-state index in [1.165, 1.54) is 11.8 Å². The van der Waals surface area contributed by atoms with E-state index in [-0.39, 0.29) is 11.6 Å². The topological polar surface area (TPSA) is 66.9 Å². The zero-order valence-electron chi connectivity index (χ0n) is 14.8. The molecule has 0 saturated heterocycles. The van der Waals surface area contributed by atoms with E-state index in [0.717, 1.165) is 16.8 Å². The highest BCUT2D eigenvalue weighted by Crippen LogP contribution is 2.24. The number of aryl methyl sites for hydroxylation is 3. The summed E-state index contributed by atoms with van der Waals surface area (Å²) in [7, 11) is 0. The van der Waals surface area contributed by atoms with Gasteiger partial charge in [-0.15, -0.1) is 0 Å². The molecular formula is C20H19ClN4O. The number of halogens is 1. The molecule has 3 rings (SSSR count). The Balaban J connectivity index is 1.72. The van der Waals surface area contributed by atoms with E-state index in [2.05, 4.69) is 39.7 Å². The van der Waals surface area contributed by atoms with Crippen LogP contribution >= 0.6 is 11.6 Å². The molecule has 0 aliphatic carbocycles. The van der Waals surface area contributed by atoms with Gasteiger partial charge in [0.05, 0.1) is 12.4 Å². The first-order valence-corrected chi connectivity index (χ1v) is 8.54. The highest BCUT2D eigenvalue weighted by Gasteiger charge is 2.10. The molecule has 0 radical (unpaired) electrons. The van der Waals surface area contributed by atoms with Crippen LogP contribution in [0, 0.1) is 20.8 Å². The largest absolute Gasteiger partial charge is 0.339 e. The van der Waals surface area contributed by atoms with Gasteiger partial charge >= 0.3 is 0 Å². The number of benzene rings is 2. The molecule has 1 heterocycles. The van der Waals surface area contributed by atoms with Gasteiger partial charge in [-0.05, 0) is 56.2 Å². The van der Waals surface area contributed by atoms with E-state index in [1.807, 2.05) is 13.8 Å². The van der Waals surface area contributed by atoms with Crippen molar-refractivity contribution in [1.82, 2.24) is 9.97 Å². The van der Waals surface area contributed by atoms with Crippen LogP contribution in [0.2, 0.25) is 5.02 Å². The minimum absolute atomic E-state index is 0.239. The van der Waals surface area contributed by atoms with Crippen molar-refractivity contribution in [3.8, 4) is 0 Å². The van der Waals surface area contributed by atoms with Crippen LogP contribution in [0.5, 0.6) is 0 Å². The Morgan fingerprint density at radius 2 is 1.62 bits per heavy atom. The fraction of sp³-hybridized carbons (Fsp3) is 0.150. The maximum Gasteiger partial charge on any atom is 0.275 e. The van der Waals surface area contributed by atoms with Gasteiger partial charge in [0.25, 0.3) is 5.91 Å². The van der Waals surface area contributed by atoms with Crippen LogP contribution in [0.25, 0.3) is 0 Å². The first-order chi connectivity index (χ1) is 12.4. The molecule has 1 amide bonds. The lowest BCUT2D eigenvalue weighted by atomic mass is 10.1. The van der Waals surface area contributed by atoms with Crippen molar-refractivity contribution in [2.75, 3.05) is 10.6 Å². The number of nitrogens with zero attached hydrogens (tertiary/aromatic N) is 2. The summed E-state index contributed by atoms with van der Waals surface area (Å²) in [6.07, 6.45) is 3.00. The number of aromatic nitrogens is 2. The average molecular weight is 367 g/mol. The molecule has 6 heteroatoms. The van der Waals surface area contributed by atoms with E-state index >= 15 is 0 Å². The summed E-state index contributed by atoms with van der Waals surface area (Å²) in [5.74, 6) is 0.261. The minimum Gasteiger partial charge on any atom is -0.339 e. The second-order valence-electron chi connectivity index (χ2n) is 6.15. The molecule has 0 atom stereocenters. The van der Waals surface area contributed by atoms with Crippen molar-refractivity contribution in [2.24, 2.45) is 0 Å². The van der Waals surface area contributed by atoms with Gasteiger partial charge in [-0.3, -0.25) is 4.79 Å². The number of anilines is 3. The van der Waals surface area contributed by atoms with Gasteiger partial charge < -0.3 is 10.6 Å². The van der Waals surface area contributed by atoms with Gasteiger partial charge in [-0.1, -0.05) is 29.3 Å². The number of rotatable bonds is 4. The van der Waals surface area contributed by atoms with Crippen LogP contribution < -0.4 is 10.6 Å². The van der Waals surface area contributed by atoms with Crippen molar-refractivity contribution in [3.05, 3.63) is 76.2 Å². The van der Waals surface area contributed by atoms with Crippen LogP contribution in [0.3, 0.4) is 0 Å². The van der Waals surface area contributed by atoms with Gasteiger partial charge in [0.2, 0.25) is 0 Å². The molecule has 5 nitrogen and oxygen atoms in total. The highest BCUT2D eigenvalue weighted by atomic mass is 35.5. The van der Waals surface area contributed by atoms with Gasteiger partial charge in [-0.25, -0.2) is 9.97 Å². The number of carbonyl (C=O) groups is 1. The molecule has 2 N–H and O–H groups in total. The van der Waals surface area contributed by atoms with Crippen LogP contribution in [-0.4, -0.2) is 15.9 Å². The van der Waals surface area contributed by atoms with Crippen molar-refractivity contribution >= 4 is 34.7 Å². The van der Waals surface area contributed by atoms with E-state index in [1.54, 1.807) is 30.5 Å². The monoisotopic (exact) mass is 366 g/mol. The van der Waals surface area contributed by atoms with E-state index in [9.17, 15) is 4.79 Å². The molecule has 0 bridgehead atoms. The number of amides is 1. The van der Waals surface area contributed by atoms with Crippen LogP contribution in [0.1, 0.15) is 27.2 Å². The lowest BCUT2D eigenvalue weighted by Crippen LogP contribution is -2.14. The third-order valence-corrected chi connectivity index (χ3v) is 4.17. The average Bonchev–Trinajstić information content (AvgIpc) is 2.60. The van der Waals surface area contributed by atoms with Crippen LogP contribution in [0.15, 0.2) is 48.8 Å². The summed E-state index contributed by atoms with van der Waals surface area (Å²) in [5, 5.41) is 6.64. The van der Waals surface area contributed by atoms with Crippen LogP contribution in [-0.2, 0) is 0 Å². The molecule has 0 aliphatic heterocycles. The van der Waals surface area contributed by atoms with E-state index in [0.29, 0.717) is 16.5 Å². The number of nitrogens with one attached hydrogen (secondary N) is 2. The van der Waals surface area contributed by atoms with Gasteiger partial charge in [-0.2, -0.15) is 0 Å². The summed E-state index contributed by atoms with van der Waals surface area (Å²) in [6, 6.07) is 11.1. The Hall–Kier alpha value is -2.92. The summed E-state index contributed by atoms with van der Waals surface area (Å²) >= 11 is 5.84. The number of carbonyl (C=O) groups excluding carboxylic acids is 1. The molecule has 0 unspecified atom stereocenters. The van der Waals surface area contributed by atoms with Crippen molar-refractivity contribution in [3.63, 3.8) is 0 Å². The van der Waals surface area contributed by atoms with Crippen molar-refractivity contribution < 1.29 is 4.79 Å². The highest BCUT2D eigenvalue weighted by molar-refractivity contribution is 6.30. The van der Waals surface area contributed by atoms with E-state index < -0.39 is 0 Å². The third kappa shape index (κ3) is 4.18. The first kappa shape index (κ1) is 17.9. The quantitative estimate of drug-likeness (QED) is 0.678. The van der Waals surface area contributed by atoms with Gasteiger partial charge in [0, 0.05) is 16.4 Å². The molecule has 0 spiro atoms. The normalized spacial score (nSPS) is 10.5. The molecule has 0 aliphatic rings. The maximum atomic E-state index is 12.2. The molecule has 132 valence electrons. The molecule has 3 aromatic rings. The second-order valence-corrected chi connectivity index (χ2v) is 6.58. The molecule has 0 saturated carbocycles. The predicted molar refractivity (Wildman–Crippen MR) is 105 cm³/mol. The Kier molecular flexibility index (Phi) is 5.19. The second kappa shape index (κ2) is 7.54. The number of hydrogen-bond donors (Lipinski definition) is 2. The molecule has 26 heavy (non-hydrogen) atoms. The fourth-order valence-electron chi connectivity index (χ4n) is 2.74. The summed E-state index contributed by atoms with van der Waals surface area (Å²) in [5.41, 5.74) is 5.37.